The van der Waals surface area contributed by atoms with E-state index in [4.69, 9.17) is 0 Å². The molecule has 0 radical (unpaired) electrons. The summed E-state index contributed by atoms with van der Waals surface area (Å²) in [7, 11) is -3.36. The fraction of sp³-hybridized carbons (Fsp3) is 0.278. The topological polar surface area (TPSA) is 66.5 Å². The quantitative estimate of drug-likeness (QED) is 0.895. The highest BCUT2D eigenvalue weighted by Crippen LogP contribution is 2.23. The molecule has 1 aliphatic heterocycles. The molecule has 1 unspecified atom stereocenters. The third kappa shape index (κ3) is 3.66. The van der Waals surface area contributed by atoms with Gasteiger partial charge in [0.25, 0.3) is 0 Å². The zero-order valence-electron chi connectivity index (χ0n) is 13.3. The molecule has 126 valence electrons. The summed E-state index contributed by atoms with van der Waals surface area (Å²) in [5.41, 5.74) is 0.881. The van der Waals surface area contributed by atoms with Crippen molar-refractivity contribution in [1.82, 2.24) is 10.2 Å². The third-order valence-electron chi connectivity index (χ3n) is 4.18. The minimum Gasteiger partial charge on any atom is -0.353 e. The van der Waals surface area contributed by atoms with E-state index in [-0.39, 0.29) is 11.7 Å². The molecule has 1 aliphatic rings. The molecule has 5 nitrogen and oxygen atoms in total. The monoisotopic (exact) mass is 344 g/mol. The zero-order chi connectivity index (χ0) is 17.0. The Hall–Kier alpha value is -2.18. The van der Waals surface area contributed by atoms with Crippen molar-refractivity contribution in [2.24, 2.45) is 0 Å². The normalized spacial score (nSPS) is 19.0. The number of hydrogen-bond donors (Lipinski definition) is 1. The number of sulfone groups is 1. The lowest BCUT2D eigenvalue weighted by Gasteiger charge is -2.35. The van der Waals surface area contributed by atoms with Gasteiger partial charge in [0.2, 0.25) is 5.91 Å². The smallest absolute Gasteiger partial charge is 0.242 e. The summed E-state index contributed by atoms with van der Waals surface area (Å²) in [5, 5.41) is 2.86. The first-order valence-corrected chi connectivity index (χ1v) is 9.58. The molecule has 1 N–H and O–H groups in total. The van der Waals surface area contributed by atoms with Crippen molar-refractivity contribution < 1.29 is 13.2 Å². The Morgan fingerprint density at radius 1 is 1.00 bits per heavy atom. The molecule has 0 bridgehead atoms. The molecule has 1 amide bonds. The molecule has 6 heteroatoms. The number of nitrogens with zero attached hydrogens (tertiary/aromatic N) is 1. The predicted octanol–water partition coefficient (Wildman–Crippen LogP) is 1.63. The van der Waals surface area contributed by atoms with E-state index in [1.165, 1.54) is 0 Å². The van der Waals surface area contributed by atoms with Crippen molar-refractivity contribution in [3.8, 4) is 0 Å². The maximum absolute atomic E-state index is 12.5. The van der Waals surface area contributed by atoms with Crippen LogP contribution in [0.5, 0.6) is 0 Å². The van der Waals surface area contributed by atoms with Gasteiger partial charge in [-0.1, -0.05) is 48.5 Å². The van der Waals surface area contributed by atoms with Gasteiger partial charge in [0, 0.05) is 19.6 Å². The van der Waals surface area contributed by atoms with Crippen LogP contribution in [0, 0.1) is 0 Å². The van der Waals surface area contributed by atoms with E-state index in [1.54, 1.807) is 30.3 Å². The molecule has 2 aromatic carbocycles. The first kappa shape index (κ1) is 16.7. The Kier molecular flexibility index (Phi) is 4.97. The molecule has 0 saturated carbocycles. The second-order valence-electron chi connectivity index (χ2n) is 5.77. The number of carbonyl (C=O) groups excluding carboxylic acids is 1. The molecule has 1 heterocycles. The van der Waals surface area contributed by atoms with Crippen molar-refractivity contribution in [2.75, 3.05) is 25.4 Å². The fourth-order valence-corrected chi connectivity index (χ4v) is 4.22. The van der Waals surface area contributed by atoms with Crippen molar-refractivity contribution >= 4 is 15.7 Å². The van der Waals surface area contributed by atoms with E-state index in [1.807, 2.05) is 35.2 Å². The van der Waals surface area contributed by atoms with Crippen LogP contribution in [-0.4, -0.2) is 44.6 Å². The van der Waals surface area contributed by atoms with Crippen LogP contribution in [-0.2, 0) is 14.6 Å². The van der Waals surface area contributed by atoms with Gasteiger partial charge in [-0.2, -0.15) is 0 Å². The van der Waals surface area contributed by atoms with E-state index in [2.05, 4.69) is 5.32 Å². The standard InChI is InChI=1S/C18H20N2O3S/c21-18-17(15-7-3-1-4-8-15)20(12-11-19-18)13-14-24(22,23)16-9-5-2-6-10-16/h1-10,17H,11-14H2,(H,19,21). The zero-order valence-corrected chi connectivity index (χ0v) is 14.1. The van der Waals surface area contributed by atoms with Crippen LogP contribution in [0.15, 0.2) is 65.6 Å². The van der Waals surface area contributed by atoms with Crippen LogP contribution >= 0.6 is 0 Å². The highest BCUT2D eigenvalue weighted by Gasteiger charge is 2.31. The molecule has 1 atom stereocenters. The minimum absolute atomic E-state index is 0.00632. The summed E-state index contributed by atoms with van der Waals surface area (Å²) in [6.07, 6.45) is 0. The van der Waals surface area contributed by atoms with E-state index in [0.29, 0.717) is 24.5 Å². The Morgan fingerprint density at radius 2 is 1.62 bits per heavy atom. The number of benzene rings is 2. The molecule has 2 aromatic rings. The van der Waals surface area contributed by atoms with Gasteiger partial charge in [0.1, 0.15) is 6.04 Å². The maximum Gasteiger partial charge on any atom is 0.242 e. The van der Waals surface area contributed by atoms with Crippen LogP contribution in [0.25, 0.3) is 0 Å². The Labute approximate surface area is 142 Å². The number of nitrogens with one attached hydrogen (secondary N) is 1. The number of hydrogen-bond acceptors (Lipinski definition) is 4. The SMILES string of the molecule is O=C1NCCN(CCS(=O)(=O)c2ccccc2)C1c1ccccc1. The van der Waals surface area contributed by atoms with E-state index in [0.717, 1.165) is 5.56 Å². The highest BCUT2D eigenvalue weighted by molar-refractivity contribution is 7.91. The lowest BCUT2D eigenvalue weighted by molar-refractivity contribution is -0.129. The molecule has 24 heavy (non-hydrogen) atoms. The molecular formula is C18H20N2O3S. The average molecular weight is 344 g/mol. The summed E-state index contributed by atoms with van der Waals surface area (Å²) in [6, 6.07) is 17.5. The van der Waals surface area contributed by atoms with Gasteiger partial charge in [-0.05, 0) is 17.7 Å². The van der Waals surface area contributed by atoms with Crippen LogP contribution < -0.4 is 5.32 Å². The predicted molar refractivity (Wildman–Crippen MR) is 92.3 cm³/mol. The summed E-state index contributed by atoms with van der Waals surface area (Å²) >= 11 is 0. The van der Waals surface area contributed by atoms with Crippen LogP contribution in [0.4, 0.5) is 0 Å². The molecule has 1 fully saturated rings. The maximum atomic E-state index is 12.5. The van der Waals surface area contributed by atoms with Gasteiger partial charge in [-0.15, -0.1) is 0 Å². The molecule has 0 spiro atoms. The number of carbonyl (C=O) groups is 1. The van der Waals surface area contributed by atoms with Crippen LogP contribution in [0.1, 0.15) is 11.6 Å². The molecule has 1 saturated heterocycles. The molecular weight excluding hydrogens is 324 g/mol. The van der Waals surface area contributed by atoms with Gasteiger partial charge in [0.05, 0.1) is 10.6 Å². The number of amides is 1. The highest BCUT2D eigenvalue weighted by atomic mass is 32.2. The Bertz CT molecular complexity index is 792. The minimum atomic E-state index is -3.36. The first-order valence-electron chi connectivity index (χ1n) is 7.92. The second kappa shape index (κ2) is 7.15. The van der Waals surface area contributed by atoms with Crippen molar-refractivity contribution in [2.45, 2.75) is 10.9 Å². The Morgan fingerprint density at radius 3 is 2.29 bits per heavy atom. The van der Waals surface area contributed by atoms with Crippen molar-refractivity contribution in [3.05, 3.63) is 66.2 Å². The lowest BCUT2D eigenvalue weighted by atomic mass is 10.0. The number of piperazine rings is 1. The number of rotatable bonds is 5. The van der Waals surface area contributed by atoms with E-state index in [9.17, 15) is 13.2 Å². The fourth-order valence-electron chi connectivity index (χ4n) is 2.94. The molecule has 3 rings (SSSR count). The second-order valence-corrected chi connectivity index (χ2v) is 7.88. The Balaban J connectivity index is 1.76. The summed E-state index contributed by atoms with van der Waals surface area (Å²) < 4.78 is 24.9. The van der Waals surface area contributed by atoms with Crippen LogP contribution in [0.3, 0.4) is 0 Å². The molecule has 0 aliphatic carbocycles. The summed E-state index contributed by atoms with van der Waals surface area (Å²) in [5.74, 6) is -0.0854. The van der Waals surface area contributed by atoms with Gasteiger partial charge < -0.3 is 5.32 Å². The van der Waals surface area contributed by atoms with Gasteiger partial charge in [-0.3, -0.25) is 9.69 Å². The van der Waals surface area contributed by atoms with Gasteiger partial charge in [-0.25, -0.2) is 8.42 Å². The lowest BCUT2D eigenvalue weighted by Crippen LogP contribution is -2.51. The van der Waals surface area contributed by atoms with E-state index >= 15 is 0 Å². The van der Waals surface area contributed by atoms with Gasteiger partial charge in [0.15, 0.2) is 9.84 Å². The van der Waals surface area contributed by atoms with Crippen molar-refractivity contribution in [3.63, 3.8) is 0 Å². The van der Waals surface area contributed by atoms with Crippen LogP contribution in [0.2, 0.25) is 0 Å². The molecule has 0 aromatic heterocycles. The van der Waals surface area contributed by atoms with Crippen molar-refractivity contribution in [1.29, 1.82) is 0 Å². The van der Waals surface area contributed by atoms with E-state index < -0.39 is 15.9 Å². The third-order valence-corrected chi connectivity index (χ3v) is 5.89. The average Bonchev–Trinajstić information content (AvgIpc) is 2.61. The summed E-state index contributed by atoms with van der Waals surface area (Å²) in [6.45, 7) is 1.49. The first-order chi connectivity index (χ1) is 11.6. The largest absolute Gasteiger partial charge is 0.353 e. The summed E-state index contributed by atoms with van der Waals surface area (Å²) in [4.78, 5) is 14.6. The van der Waals surface area contributed by atoms with Gasteiger partial charge >= 0.3 is 0 Å².